The second kappa shape index (κ2) is 5.79. The molecule has 0 radical (unpaired) electrons. The summed E-state index contributed by atoms with van der Waals surface area (Å²) in [6, 6.07) is 3.49. The Morgan fingerprint density at radius 2 is 2.10 bits per heavy atom. The van der Waals surface area contributed by atoms with Gasteiger partial charge in [-0.1, -0.05) is 11.6 Å². The van der Waals surface area contributed by atoms with Crippen LogP contribution in [0, 0.1) is 11.3 Å². The van der Waals surface area contributed by atoms with Gasteiger partial charge in [-0.2, -0.15) is 18.4 Å². The minimum absolute atomic E-state index is 0.0443. The van der Waals surface area contributed by atoms with Gasteiger partial charge in [0.15, 0.2) is 16.9 Å². The molecule has 0 saturated heterocycles. The number of halogens is 4. The standard InChI is InChI=1S/C12H5ClF3N3OS/c13-11-10(21-5-19-11)9(20)7(3-17)8-2-1-6(4-18-8)12(14,15)16/h1-2,4-5,7H/t7-/m0/s1. The van der Waals surface area contributed by atoms with Gasteiger partial charge < -0.3 is 0 Å². The molecule has 0 unspecified atom stereocenters. The summed E-state index contributed by atoms with van der Waals surface area (Å²) in [4.78, 5) is 19.4. The highest BCUT2D eigenvalue weighted by Crippen LogP contribution is 2.30. The molecule has 0 fully saturated rings. The molecular weight excluding hydrogens is 327 g/mol. The van der Waals surface area contributed by atoms with Crippen LogP contribution in [0.3, 0.4) is 0 Å². The first-order chi connectivity index (χ1) is 9.84. The number of ketones is 1. The van der Waals surface area contributed by atoms with Crippen molar-refractivity contribution < 1.29 is 18.0 Å². The Kier molecular flexibility index (Phi) is 4.25. The van der Waals surface area contributed by atoms with E-state index in [-0.39, 0.29) is 15.7 Å². The van der Waals surface area contributed by atoms with E-state index in [2.05, 4.69) is 9.97 Å². The molecule has 0 N–H and O–H groups in total. The highest BCUT2D eigenvalue weighted by Gasteiger charge is 2.32. The quantitative estimate of drug-likeness (QED) is 0.804. The molecule has 0 amide bonds. The molecule has 2 aromatic rings. The lowest BCUT2D eigenvalue weighted by Gasteiger charge is -2.09. The van der Waals surface area contributed by atoms with Crippen molar-refractivity contribution >= 4 is 28.7 Å². The van der Waals surface area contributed by atoms with Crippen LogP contribution in [0.25, 0.3) is 0 Å². The van der Waals surface area contributed by atoms with Gasteiger partial charge in [0.2, 0.25) is 0 Å². The maximum absolute atomic E-state index is 12.4. The Morgan fingerprint density at radius 3 is 2.52 bits per heavy atom. The minimum Gasteiger partial charge on any atom is -0.291 e. The summed E-state index contributed by atoms with van der Waals surface area (Å²) in [5.74, 6) is -1.97. The van der Waals surface area contributed by atoms with Crippen molar-refractivity contribution in [1.29, 1.82) is 5.26 Å². The number of nitrogens with zero attached hydrogens (tertiary/aromatic N) is 3. The fourth-order valence-corrected chi connectivity index (χ4v) is 2.51. The fraction of sp³-hybridized carbons (Fsp3) is 0.167. The third kappa shape index (κ3) is 3.20. The average Bonchev–Trinajstić information content (AvgIpc) is 2.85. The Bertz CT molecular complexity index is 706. The monoisotopic (exact) mass is 331 g/mol. The topological polar surface area (TPSA) is 66.6 Å². The second-order valence-electron chi connectivity index (χ2n) is 3.87. The van der Waals surface area contributed by atoms with Gasteiger partial charge in [-0.05, 0) is 12.1 Å². The molecule has 21 heavy (non-hydrogen) atoms. The third-order valence-corrected chi connectivity index (χ3v) is 3.79. The first kappa shape index (κ1) is 15.4. The van der Waals surface area contributed by atoms with Gasteiger partial charge in [-0.25, -0.2) is 4.98 Å². The van der Waals surface area contributed by atoms with Crippen molar-refractivity contribution in [1.82, 2.24) is 9.97 Å². The van der Waals surface area contributed by atoms with E-state index < -0.39 is 23.4 Å². The second-order valence-corrected chi connectivity index (χ2v) is 5.08. The van der Waals surface area contributed by atoms with E-state index in [9.17, 15) is 18.0 Å². The molecule has 0 bridgehead atoms. The molecule has 0 saturated carbocycles. The number of alkyl halides is 3. The summed E-state index contributed by atoms with van der Waals surface area (Å²) in [5.41, 5.74) is 0.315. The number of carbonyl (C=O) groups excluding carboxylic acids is 1. The molecule has 1 atom stereocenters. The van der Waals surface area contributed by atoms with Crippen LogP contribution in [0.1, 0.15) is 26.8 Å². The zero-order chi connectivity index (χ0) is 15.6. The number of rotatable bonds is 3. The van der Waals surface area contributed by atoms with Gasteiger partial charge in [-0.3, -0.25) is 9.78 Å². The molecule has 0 aliphatic heterocycles. The van der Waals surface area contributed by atoms with Gasteiger partial charge in [0, 0.05) is 6.20 Å². The van der Waals surface area contributed by atoms with Crippen LogP contribution in [0.5, 0.6) is 0 Å². The fourth-order valence-electron chi connectivity index (χ4n) is 1.53. The van der Waals surface area contributed by atoms with Crippen molar-refractivity contribution in [3.8, 4) is 6.07 Å². The van der Waals surface area contributed by atoms with Crippen LogP contribution in [0.4, 0.5) is 13.2 Å². The summed E-state index contributed by atoms with van der Waals surface area (Å²) >= 11 is 6.66. The van der Waals surface area contributed by atoms with Crippen molar-refractivity contribution in [3.05, 3.63) is 45.1 Å². The maximum atomic E-state index is 12.4. The Morgan fingerprint density at radius 1 is 1.38 bits per heavy atom. The number of thiazole rings is 1. The van der Waals surface area contributed by atoms with Gasteiger partial charge >= 0.3 is 6.18 Å². The zero-order valence-corrected chi connectivity index (χ0v) is 11.6. The van der Waals surface area contributed by atoms with Gasteiger partial charge in [0.25, 0.3) is 0 Å². The Labute approximate surface area is 125 Å². The van der Waals surface area contributed by atoms with E-state index in [1.165, 1.54) is 5.51 Å². The summed E-state index contributed by atoms with van der Waals surface area (Å²) in [7, 11) is 0. The normalized spacial score (nSPS) is 12.7. The van der Waals surface area contributed by atoms with E-state index in [0.717, 1.165) is 23.5 Å². The lowest BCUT2D eigenvalue weighted by Crippen LogP contribution is -2.13. The molecule has 2 heterocycles. The zero-order valence-electron chi connectivity index (χ0n) is 10.1. The molecule has 2 aromatic heterocycles. The number of nitriles is 1. The summed E-state index contributed by atoms with van der Waals surface area (Å²) < 4.78 is 37.3. The van der Waals surface area contributed by atoms with Crippen LogP contribution in [-0.4, -0.2) is 15.8 Å². The number of aromatic nitrogens is 2. The number of Topliss-reactive ketones (excluding diaryl/α,β-unsaturated/α-hetero) is 1. The van der Waals surface area contributed by atoms with Gasteiger partial charge in [-0.15, -0.1) is 11.3 Å². The SMILES string of the molecule is N#C[C@H](C(=O)c1scnc1Cl)c1ccc(C(F)(F)F)cn1. The molecule has 108 valence electrons. The third-order valence-electron chi connectivity index (χ3n) is 2.55. The van der Waals surface area contributed by atoms with E-state index >= 15 is 0 Å². The van der Waals surface area contributed by atoms with Crippen LogP contribution in [-0.2, 0) is 6.18 Å². The number of pyridine rings is 1. The van der Waals surface area contributed by atoms with Gasteiger partial charge in [0.1, 0.15) is 4.88 Å². The Balaban J connectivity index is 2.33. The van der Waals surface area contributed by atoms with Crippen molar-refractivity contribution in [3.63, 3.8) is 0 Å². The van der Waals surface area contributed by atoms with Crippen molar-refractivity contribution in [2.45, 2.75) is 12.1 Å². The van der Waals surface area contributed by atoms with Crippen molar-refractivity contribution in [2.24, 2.45) is 0 Å². The van der Waals surface area contributed by atoms with Crippen LogP contribution >= 0.6 is 22.9 Å². The van der Waals surface area contributed by atoms with E-state index in [0.29, 0.717) is 6.20 Å². The average molecular weight is 332 g/mol. The van der Waals surface area contributed by atoms with Crippen molar-refractivity contribution in [2.75, 3.05) is 0 Å². The van der Waals surface area contributed by atoms with Crippen LogP contribution < -0.4 is 0 Å². The van der Waals surface area contributed by atoms with E-state index in [1.807, 2.05) is 0 Å². The lowest BCUT2D eigenvalue weighted by molar-refractivity contribution is -0.137. The molecule has 0 aromatic carbocycles. The molecule has 4 nitrogen and oxygen atoms in total. The minimum atomic E-state index is -4.53. The molecule has 0 aliphatic carbocycles. The molecule has 9 heteroatoms. The smallest absolute Gasteiger partial charge is 0.291 e. The first-order valence-electron chi connectivity index (χ1n) is 5.40. The van der Waals surface area contributed by atoms with Crippen LogP contribution in [0.15, 0.2) is 23.8 Å². The largest absolute Gasteiger partial charge is 0.417 e. The summed E-state index contributed by atoms with van der Waals surface area (Å²) in [6.45, 7) is 0. The number of carbonyl (C=O) groups is 1. The lowest BCUT2D eigenvalue weighted by atomic mass is 10.00. The summed E-state index contributed by atoms with van der Waals surface area (Å²) in [5, 5.41) is 9.03. The molecule has 0 aliphatic rings. The maximum Gasteiger partial charge on any atom is 0.417 e. The predicted octanol–water partition coefficient (Wildman–Crippen LogP) is 3.70. The van der Waals surface area contributed by atoms with E-state index in [1.54, 1.807) is 6.07 Å². The number of hydrogen-bond donors (Lipinski definition) is 0. The van der Waals surface area contributed by atoms with Gasteiger partial charge in [0.05, 0.1) is 22.8 Å². The molecule has 0 spiro atoms. The van der Waals surface area contributed by atoms with E-state index in [4.69, 9.17) is 16.9 Å². The molecular formula is C12H5ClF3N3OS. The molecule has 2 rings (SSSR count). The number of hydrogen-bond acceptors (Lipinski definition) is 5. The Hall–Kier alpha value is -1.98. The highest BCUT2D eigenvalue weighted by atomic mass is 35.5. The predicted molar refractivity (Wildman–Crippen MR) is 69.0 cm³/mol. The summed E-state index contributed by atoms with van der Waals surface area (Å²) in [6.07, 6.45) is -3.94. The highest BCUT2D eigenvalue weighted by molar-refractivity contribution is 7.12. The van der Waals surface area contributed by atoms with Crippen LogP contribution in [0.2, 0.25) is 5.15 Å². The first-order valence-corrected chi connectivity index (χ1v) is 6.66.